The molecule has 0 radical (unpaired) electrons. The van der Waals surface area contributed by atoms with Gasteiger partial charge >= 0.3 is 5.97 Å². The summed E-state index contributed by atoms with van der Waals surface area (Å²) < 4.78 is 0. The highest BCUT2D eigenvalue weighted by Gasteiger charge is 2.26. The van der Waals surface area contributed by atoms with E-state index in [0.717, 1.165) is 19.3 Å². The number of carboxylic acids is 1. The molecule has 0 amide bonds. The van der Waals surface area contributed by atoms with Gasteiger partial charge in [-0.05, 0) is 18.8 Å². The average Bonchev–Trinajstić information content (AvgIpc) is 2.15. The molecule has 1 aliphatic rings. The van der Waals surface area contributed by atoms with E-state index in [-0.39, 0.29) is 18.4 Å². The van der Waals surface area contributed by atoms with Crippen molar-refractivity contribution >= 4 is 5.97 Å². The number of hydrogen-bond donors (Lipinski definition) is 2. The molecule has 10 heavy (non-hydrogen) atoms. The molecule has 0 aromatic rings. The number of aliphatic hydroxyl groups is 1. The minimum absolute atomic E-state index is 0.0116. The van der Waals surface area contributed by atoms with Gasteiger partial charge in [-0.2, -0.15) is 0 Å². The van der Waals surface area contributed by atoms with E-state index in [0.29, 0.717) is 0 Å². The molecular formula is C7H12O3. The maximum atomic E-state index is 10.2. The van der Waals surface area contributed by atoms with Crippen molar-refractivity contribution in [2.75, 3.05) is 0 Å². The van der Waals surface area contributed by atoms with E-state index in [1.54, 1.807) is 0 Å². The lowest BCUT2D eigenvalue weighted by molar-refractivity contribution is -0.138. The zero-order valence-electron chi connectivity index (χ0n) is 5.79. The zero-order valence-corrected chi connectivity index (χ0v) is 5.79. The van der Waals surface area contributed by atoms with Gasteiger partial charge in [-0.1, -0.05) is 6.42 Å². The largest absolute Gasteiger partial charge is 0.481 e. The molecule has 2 N–H and O–H groups in total. The Kier molecular flexibility index (Phi) is 2.27. The number of aliphatic carboxylic acids is 1. The average molecular weight is 144 g/mol. The molecule has 0 aliphatic heterocycles. The smallest absolute Gasteiger partial charge is 0.303 e. The third kappa shape index (κ3) is 1.70. The first-order valence-corrected chi connectivity index (χ1v) is 3.60. The van der Waals surface area contributed by atoms with Gasteiger partial charge in [-0.3, -0.25) is 4.79 Å². The maximum Gasteiger partial charge on any atom is 0.303 e. The Balaban J connectivity index is 2.33. The van der Waals surface area contributed by atoms with Crippen LogP contribution in [0, 0.1) is 5.92 Å². The van der Waals surface area contributed by atoms with Gasteiger partial charge < -0.3 is 10.2 Å². The lowest BCUT2D eigenvalue weighted by Crippen LogP contribution is -2.16. The maximum absolute atomic E-state index is 10.2. The summed E-state index contributed by atoms with van der Waals surface area (Å²) in [6, 6.07) is 0. The van der Waals surface area contributed by atoms with Crippen molar-refractivity contribution in [1.29, 1.82) is 0 Å². The third-order valence-electron chi connectivity index (χ3n) is 2.06. The molecule has 0 aromatic heterocycles. The third-order valence-corrected chi connectivity index (χ3v) is 2.06. The van der Waals surface area contributed by atoms with Crippen molar-refractivity contribution < 1.29 is 15.0 Å². The monoisotopic (exact) mass is 144 g/mol. The minimum atomic E-state index is -0.800. The van der Waals surface area contributed by atoms with Crippen LogP contribution >= 0.6 is 0 Å². The van der Waals surface area contributed by atoms with Crippen LogP contribution in [0.1, 0.15) is 25.7 Å². The molecule has 1 rings (SSSR count). The Labute approximate surface area is 59.7 Å². The van der Waals surface area contributed by atoms with Gasteiger partial charge in [0.25, 0.3) is 0 Å². The molecule has 1 fully saturated rings. The van der Waals surface area contributed by atoms with E-state index in [1.807, 2.05) is 0 Å². The van der Waals surface area contributed by atoms with E-state index in [1.165, 1.54) is 0 Å². The first-order valence-electron chi connectivity index (χ1n) is 3.60. The van der Waals surface area contributed by atoms with E-state index in [2.05, 4.69) is 0 Å². The lowest BCUT2D eigenvalue weighted by Gasteiger charge is -2.09. The van der Waals surface area contributed by atoms with Gasteiger partial charge in [0, 0.05) is 0 Å². The lowest BCUT2D eigenvalue weighted by atomic mass is 10.0. The van der Waals surface area contributed by atoms with Crippen molar-refractivity contribution in [2.45, 2.75) is 31.8 Å². The van der Waals surface area contributed by atoms with E-state index in [9.17, 15) is 9.90 Å². The summed E-state index contributed by atoms with van der Waals surface area (Å²) in [5.74, 6) is -0.788. The van der Waals surface area contributed by atoms with Gasteiger partial charge in [-0.15, -0.1) is 0 Å². The number of carbonyl (C=O) groups is 1. The Morgan fingerprint density at radius 3 is 2.60 bits per heavy atom. The Hall–Kier alpha value is -0.570. The van der Waals surface area contributed by atoms with Crippen molar-refractivity contribution in [2.24, 2.45) is 5.92 Å². The summed E-state index contributed by atoms with van der Waals surface area (Å²) in [5.41, 5.74) is 0. The van der Waals surface area contributed by atoms with E-state index >= 15 is 0 Å². The molecule has 58 valence electrons. The summed E-state index contributed by atoms with van der Waals surface area (Å²) in [6.07, 6.45) is 2.38. The number of hydrogen-bond acceptors (Lipinski definition) is 2. The van der Waals surface area contributed by atoms with Gasteiger partial charge in [0.05, 0.1) is 12.5 Å². The van der Waals surface area contributed by atoms with Crippen LogP contribution in [0.5, 0.6) is 0 Å². The highest BCUT2D eigenvalue weighted by atomic mass is 16.4. The summed E-state index contributed by atoms with van der Waals surface area (Å²) in [6.45, 7) is 0. The van der Waals surface area contributed by atoms with E-state index in [4.69, 9.17) is 5.11 Å². The molecule has 3 nitrogen and oxygen atoms in total. The van der Waals surface area contributed by atoms with Crippen LogP contribution in [0.15, 0.2) is 0 Å². The van der Waals surface area contributed by atoms with Gasteiger partial charge in [0.15, 0.2) is 0 Å². The summed E-state index contributed by atoms with van der Waals surface area (Å²) in [5, 5.41) is 17.6. The SMILES string of the molecule is O=C(O)C[C@H]1CCC[C@H]1O. The van der Waals surface area contributed by atoms with Crippen molar-refractivity contribution in [1.82, 2.24) is 0 Å². The fourth-order valence-electron chi connectivity index (χ4n) is 1.48. The highest BCUT2D eigenvalue weighted by Crippen LogP contribution is 2.27. The minimum Gasteiger partial charge on any atom is -0.481 e. The first-order chi connectivity index (χ1) is 4.70. The van der Waals surface area contributed by atoms with Crippen molar-refractivity contribution in [3.8, 4) is 0 Å². The Morgan fingerprint density at radius 2 is 2.20 bits per heavy atom. The number of aliphatic hydroxyl groups excluding tert-OH is 1. The van der Waals surface area contributed by atoms with Crippen LogP contribution in [0.2, 0.25) is 0 Å². The van der Waals surface area contributed by atoms with Crippen LogP contribution in [0.3, 0.4) is 0 Å². The topological polar surface area (TPSA) is 57.5 Å². The molecule has 0 saturated heterocycles. The summed E-state index contributed by atoms with van der Waals surface area (Å²) in [4.78, 5) is 10.2. The number of rotatable bonds is 2. The highest BCUT2D eigenvalue weighted by molar-refractivity contribution is 5.67. The molecule has 3 heteroatoms. The molecule has 0 bridgehead atoms. The van der Waals surface area contributed by atoms with Gasteiger partial charge in [0.1, 0.15) is 0 Å². The fraction of sp³-hybridized carbons (Fsp3) is 0.857. The molecule has 2 atom stereocenters. The molecular weight excluding hydrogens is 132 g/mol. The van der Waals surface area contributed by atoms with Gasteiger partial charge in [0.2, 0.25) is 0 Å². The van der Waals surface area contributed by atoms with Crippen molar-refractivity contribution in [3.05, 3.63) is 0 Å². The predicted molar refractivity (Wildman–Crippen MR) is 35.6 cm³/mol. The Bertz CT molecular complexity index is 133. The summed E-state index contributed by atoms with van der Waals surface area (Å²) >= 11 is 0. The first kappa shape index (κ1) is 7.54. The van der Waals surface area contributed by atoms with Crippen LogP contribution < -0.4 is 0 Å². The van der Waals surface area contributed by atoms with Gasteiger partial charge in [-0.25, -0.2) is 0 Å². The quantitative estimate of drug-likeness (QED) is 0.597. The van der Waals surface area contributed by atoms with Crippen molar-refractivity contribution in [3.63, 3.8) is 0 Å². The molecule has 0 spiro atoms. The predicted octanol–water partition coefficient (Wildman–Crippen LogP) is 0.622. The van der Waals surface area contributed by atoms with Crippen LogP contribution in [-0.2, 0) is 4.79 Å². The Morgan fingerprint density at radius 1 is 1.50 bits per heavy atom. The zero-order chi connectivity index (χ0) is 7.56. The molecule has 0 heterocycles. The standard InChI is InChI=1S/C7H12O3/c8-6-3-1-2-5(6)4-7(9)10/h5-6,8H,1-4H2,(H,9,10)/t5-,6-/m1/s1. The summed E-state index contributed by atoms with van der Waals surface area (Å²) in [7, 11) is 0. The number of carboxylic acid groups (broad SMARTS) is 1. The molecule has 1 aliphatic carbocycles. The van der Waals surface area contributed by atoms with E-state index < -0.39 is 5.97 Å². The molecule has 1 saturated carbocycles. The second kappa shape index (κ2) is 3.01. The second-order valence-corrected chi connectivity index (χ2v) is 2.86. The molecule has 0 unspecified atom stereocenters. The normalized spacial score (nSPS) is 32.5. The van der Waals surface area contributed by atoms with Crippen LogP contribution in [0.4, 0.5) is 0 Å². The molecule has 0 aromatic carbocycles. The second-order valence-electron chi connectivity index (χ2n) is 2.86. The van der Waals surface area contributed by atoms with Crippen LogP contribution in [0.25, 0.3) is 0 Å². The van der Waals surface area contributed by atoms with Crippen LogP contribution in [-0.4, -0.2) is 22.3 Å². The fourth-order valence-corrected chi connectivity index (χ4v) is 1.48.